The first-order valence-corrected chi connectivity index (χ1v) is 14.0. The summed E-state index contributed by atoms with van der Waals surface area (Å²) in [5.74, 6) is 1.03. The Morgan fingerprint density at radius 1 is 0.921 bits per heavy atom. The zero-order chi connectivity index (χ0) is 26.4. The minimum absolute atomic E-state index is 0.121. The van der Waals surface area contributed by atoms with E-state index in [2.05, 4.69) is 52.4 Å². The maximum Gasteiger partial charge on any atom is 0.175 e. The number of methoxy groups -OCH3 is 1. The summed E-state index contributed by atoms with van der Waals surface area (Å²) < 4.78 is 12.9. The molecular weight excluding hydrogens is 542 g/mol. The number of aryl methyl sites for hydroxylation is 1. The minimum atomic E-state index is -0.388. The Labute approximate surface area is 231 Å². The number of allylic oxidation sites excluding steroid dienone is 4. The van der Waals surface area contributed by atoms with Crippen molar-refractivity contribution < 1.29 is 19.1 Å². The summed E-state index contributed by atoms with van der Waals surface area (Å²) >= 11 is 3.73. The third-order valence-electron chi connectivity index (χ3n) is 8.01. The number of halogens is 1. The van der Waals surface area contributed by atoms with Gasteiger partial charge in [0.1, 0.15) is 6.61 Å². The average Bonchev–Trinajstić information content (AvgIpc) is 2.92. The zero-order valence-corrected chi connectivity index (χ0v) is 23.2. The van der Waals surface area contributed by atoms with Gasteiger partial charge in [0.15, 0.2) is 23.1 Å². The third kappa shape index (κ3) is 4.25. The highest BCUT2D eigenvalue weighted by Gasteiger charge is 2.40. The Morgan fingerprint density at radius 2 is 1.61 bits per heavy atom. The summed E-state index contributed by atoms with van der Waals surface area (Å²) in [5, 5.41) is 5.82. The van der Waals surface area contributed by atoms with Crippen molar-refractivity contribution in [1.29, 1.82) is 0 Å². The smallest absolute Gasteiger partial charge is 0.175 e. The third-order valence-corrected chi connectivity index (χ3v) is 8.60. The number of ether oxygens (including phenoxy) is 2. The van der Waals surface area contributed by atoms with Crippen molar-refractivity contribution in [1.82, 2.24) is 5.32 Å². The van der Waals surface area contributed by atoms with Crippen molar-refractivity contribution in [3.05, 3.63) is 92.2 Å². The van der Waals surface area contributed by atoms with Gasteiger partial charge in [-0.25, -0.2) is 0 Å². The molecule has 0 unspecified atom stereocenters. The topological polar surface area (TPSA) is 64.6 Å². The van der Waals surface area contributed by atoms with Crippen LogP contribution in [0.4, 0.5) is 0 Å². The Bertz CT molecular complexity index is 1510. The fourth-order valence-corrected chi connectivity index (χ4v) is 6.72. The number of Topliss-reactive ketones (excluding diaryl/α,β-unsaturated/α-hetero) is 2. The molecule has 0 radical (unpaired) electrons. The Hall–Kier alpha value is -3.38. The summed E-state index contributed by atoms with van der Waals surface area (Å²) in [7, 11) is 1.62. The van der Waals surface area contributed by atoms with Gasteiger partial charge in [-0.05, 0) is 82.6 Å². The summed E-state index contributed by atoms with van der Waals surface area (Å²) in [6, 6.07) is 16.5. The van der Waals surface area contributed by atoms with Gasteiger partial charge in [0.05, 0.1) is 11.6 Å². The van der Waals surface area contributed by atoms with Gasteiger partial charge >= 0.3 is 0 Å². The number of carbonyl (C=O) groups excluding carboxylic acids is 2. The minimum Gasteiger partial charge on any atom is -0.493 e. The number of hydrogen-bond donors (Lipinski definition) is 1. The Kier molecular flexibility index (Phi) is 6.60. The summed E-state index contributed by atoms with van der Waals surface area (Å²) in [4.78, 5) is 26.4. The number of fused-ring (bicyclic) bond motifs is 1. The van der Waals surface area contributed by atoms with Crippen LogP contribution >= 0.6 is 15.9 Å². The molecule has 0 saturated carbocycles. The lowest BCUT2D eigenvalue weighted by atomic mass is 9.71. The van der Waals surface area contributed by atoms with Crippen LogP contribution in [0.5, 0.6) is 11.5 Å². The molecule has 0 fully saturated rings. The van der Waals surface area contributed by atoms with Crippen LogP contribution in [0.1, 0.15) is 61.1 Å². The first-order chi connectivity index (χ1) is 18.5. The Balaban J connectivity index is 1.41. The molecule has 3 aromatic rings. The number of nitrogens with one attached hydrogen (secondary N) is 1. The molecular formula is C32H30BrNO4. The number of carbonyl (C=O) groups is 2. The molecule has 1 heterocycles. The molecule has 2 aliphatic carbocycles. The molecule has 1 aliphatic heterocycles. The van der Waals surface area contributed by atoms with Crippen LogP contribution in [0.3, 0.4) is 0 Å². The first-order valence-electron chi connectivity index (χ1n) is 13.2. The van der Waals surface area contributed by atoms with E-state index in [0.717, 1.165) is 69.4 Å². The van der Waals surface area contributed by atoms with Crippen molar-refractivity contribution in [3.63, 3.8) is 0 Å². The van der Waals surface area contributed by atoms with Gasteiger partial charge in [-0.3, -0.25) is 9.59 Å². The van der Waals surface area contributed by atoms with Crippen LogP contribution in [-0.4, -0.2) is 18.7 Å². The van der Waals surface area contributed by atoms with E-state index in [1.807, 2.05) is 24.3 Å². The van der Waals surface area contributed by atoms with Gasteiger partial charge in [0.2, 0.25) is 0 Å². The highest BCUT2D eigenvalue weighted by Crippen LogP contribution is 2.48. The maximum atomic E-state index is 13.2. The van der Waals surface area contributed by atoms with Crippen LogP contribution in [-0.2, 0) is 16.2 Å². The van der Waals surface area contributed by atoms with Gasteiger partial charge in [0, 0.05) is 46.9 Å². The van der Waals surface area contributed by atoms with Crippen LogP contribution in [0.15, 0.2) is 75.5 Å². The molecule has 0 aromatic heterocycles. The molecule has 5 nitrogen and oxygen atoms in total. The lowest BCUT2D eigenvalue weighted by Gasteiger charge is -2.37. The molecule has 0 bridgehead atoms. The monoisotopic (exact) mass is 571 g/mol. The van der Waals surface area contributed by atoms with Gasteiger partial charge in [0.25, 0.3) is 0 Å². The van der Waals surface area contributed by atoms with E-state index in [4.69, 9.17) is 9.47 Å². The van der Waals surface area contributed by atoms with E-state index in [9.17, 15) is 9.59 Å². The predicted octanol–water partition coefficient (Wildman–Crippen LogP) is 7.20. The van der Waals surface area contributed by atoms with Crippen molar-refractivity contribution in [2.24, 2.45) is 0 Å². The van der Waals surface area contributed by atoms with Crippen LogP contribution in [0.2, 0.25) is 0 Å². The molecule has 38 heavy (non-hydrogen) atoms. The highest BCUT2D eigenvalue weighted by atomic mass is 79.9. The Morgan fingerprint density at radius 3 is 2.29 bits per heavy atom. The van der Waals surface area contributed by atoms with Crippen LogP contribution in [0, 0.1) is 6.92 Å². The predicted molar refractivity (Wildman–Crippen MR) is 151 cm³/mol. The number of rotatable bonds is 5. The second kappa shape index (κ2) is 10.1. The van der Waals surface area contributed by atoms with E-state index >= 15 is 0 Å². The van der Waals surface area contributed by atoms with Crippen molar-refractivity contribution >= 4 is 38.3 Å². The molecule has 0 spiro atoms. The molecule has 3 aromatic carbocycles. The molecule has 1 N–H and O–H groups in total. The van der Waals surface area contributed by atoms with Gasteiger partial charge in [-0.1, -0.05) is 36.4 Å². The summed E-state index contributed by atoms with van der Waals surface area (Å²) in [6.45, 7) is 2.48. The molecule has 6 rings (SSSR count). The van der Waals surface area contributed by atoms with Crippen molar-refractivity contribution in [3.8, 4) is 11.5 Å². The largest absolute Gasteiger partial charge is 0.493 e. The highest BCUT2D eigenvalue weighted by molar-refractivity contribution is 9.10. The summed E-state index contributed by atoms with van der Waals surface area (Å²) in [5.41, 5.74) is 6.58. The van der Waals surface area contributed by atoms with Crippen molar-refractivity contribution in [2.75, 3.05) is 7.11 Å². The maximum absolute atomic E-state index is 13.2. The quantitative estimate of drug-likeness (QED) is 0.351. The normalized spacial score (nSPS) is 17.9. The van der Waals surface area contributed by atoms with Crippen molar-refractivity contribution in [2.45, 2.75) is 58.0 Å². The number of benzene rings is 3. The molecule has 0 saturated heterocycles. The van der Waals surface area contributed by atoms with Gasteiger partial charge < -0.3 is 14.8 Å². The van der Waals surface area contributed by atoms with E-state index in [1.165, 1.54) is 10.8 Å². The first kappa shape index (κ1) is 24.9. The second-order valence-corrected chi connectivity index (χ2v) is 11.2. The number of ketones is 2. The molecule has 0 amide bonds. The van der Waals surface area contributed by atoms with Crippen LogP contribution < -0.4 is 14.8 Å². The van der Waals surface area contributed by atoms with Gasteiger partial charge in [-0.2, -0.15) is 0 Å². The zero-order valence-electron chi connectivity index (χ0n) is 21.7. The number of hydrogen-bond acceptors (Lipinski definition) is 5. The summed E-state index contributed by atoms with van der Waals surface area (Å²) in [6.07, 6.45) is 4.34. The van der Waals surface area contributed by atoms with E-state index in [0.29, 0.717) is 30.9 Å². The standard InChI is InChI=1S/C32H30BrNO4/c1-18-13-14-19-7-3-4-8-21(19)22(18)17-38-32-23(33)15-20(16-28(32)37-2)29-30-24(9-5-11-26(30)35)34-25-10-6-12-27(36)31(25)29/h3-4,7-8,13-16,29,34H,5-6,9-12,17H2,1-2H3. The van der Waals surface area contributed by atoms with Crippen LogP contribution in [0.25, 0.3) is 10.8 Å². The number of dihydropyridines is 1. The lowest BCUT2D eigenvalue weighted by molar-refractivity contribution is -0.116. The molecule has 194 valence electrons. The SMILES string of the molecule is COc1cc(C2C3=C(CCCC3=O)NC3=C2C(=O)CCC3)cc(Br)c1OCc1c(C)ccc2ccccc12. The fourth-order valence-electron chi connectivity index (χ4n) is 6.14. The molecule has 6 heteroatoms. The molecule has 3 aliphatic rings. The second-order valence-electron chi connectivity index (χ2n) is 10.3. The lowest BCUT2D eigenvalue weighted by Crippen LogP contribution is -2.36. The average molecular weight is 572 g/mol. The molecule has 0 atom stereocenters. The van der Waals surface area contributed by atoms with E-state index < -0.39 is 0 Å². The van der Waals surface area contributed by atoms with Gasteiger partial charge in [-0.15, -0.1) is 0 Å². The van der Waals surface area contributed by atoms with E-state index in [1.54, 1.807) is 7.11 Å². The fraction of sp³-hybridized carbons (Fsp3) is 0.312. The van der Waals surface area contributed by atoms with E-state index in [-0.39, 0.29) is 17.5 Å².